The average Bonchev–Trinajstić information content (AvgIpc) is 3.10. The molecule has 6 nitrogen and oxygen atoms in total. The van der Waals surface area contributed by atoms with Gasteiger partial charge in [-0.1, -0.05) is 38.1 Å². The van der Waals surface area contributed by atoms with Crippen LogP contribution in [0.25, 0.3) is 11.0 Å². The van der Waals surface area contributed by atoms with Crippen LogP contribution < -0.4 is 5.32 Å². The summed E-state index contributed by atoms with van der Waals surface area (Å²) >= 11 is 0. The Labute approximate surface area is 181 Å². The van der Waals surface area contributed by atoms with Gasteiger partial charge in [-0.15, -0.1) is 0 Å². The quantitative estimate of drug-likeness (QED) is 0.658. The van der Waals surface area contributed by atoms with Crippen LogP contribution in [0.15, 0.2) is 48.5 Å². The Bertz CT molecular complexity index is 1120. The smallest absolute Gasteiger partial charge is 0.291 e. The molecule has 2 aromatic carbocycles. The fraction of sp³-hybridized carbons (Fsp3) is 0.375. The zero-order valence-corrected chi connectivity index (χ0v) is 18.1. The molecule has 0 fully saturated rings. The van der Waals surface area contributed by atoms with Crippen molar-refractivity contribution in [3.05, 3.63) is 65.7 Å². The van der Waals surface area contributed by atoms with Crippen LogP contribution in [-0.2, 0) is 17.9 Å². The summed E-state index contributed by atoms with van der Waals surface area (Å²) in [6.45, 7) is 7.02. The van der Waals surface area contributed by atoms with Gasteiger partial charge in [0.1, 0.15) is 11.4 Å². The van der Waals surface area contributed by atoms with E-state index < -0.39 is 5.54 Å². The highest BCUT2D eigenvalue weighted by Crippen LogP contribution is 2.32. The lowest BCUT2D eigenvalue weighted by Crippen LogP contribution is -2.63. The van der Waals surface area contributed by atoms with E-state index in [1.165, 1.54) is 12.1 Å². The molecular weight excluding hydrogens is 395 g/mol. The van der Waals surface area contributed by atoms with Crippen LogP contribution >= 0.6 is 0 Å². The average molecular weight is 423 g/mol. The van der Waals surface area contributed by atoms with Gasteiger partial charge in [0.05, 0.1) is 17.6 Å². The Morgan fingerprint density at radius 1 is 1.19 bits per heavy atom. The van der Waals surface area contributed by atoms with Crippen LogP contribution in [-0.4, -0.2) is 38.3 Å². The SMILES string of the molecule is CC(C)CCNC(=O)[C@]1(C)Cn2c(nc3ccccc32)C(=O)N1Cc1ccc(F)cc1. The molecule has 2 heterocycles. The lowest BCUT2D eigenvalue weighted by molar-refractivity contribution is -0.133. The zero-order chi connectivity index (χ0) is 22.2. The second-order valence-electron chi connectivity index (χ2n) is 8.74. The van der Waals surface area contributed by atoms with Crippen LogP contribution in [0.2, 0.25) is 0 Å². The van der Waals surface area contributed by atoms with Crippen molar-refractivity contribution in [3.63, 3.8) is 0 Å². The number of hydrogen-bond acceptors (Lipinski definition) is 3. The monoisotopic (exact) mass is 422 g/mol. The zero-order valence-electron chi connectivity index (χ0n) is 18.1. The maximum atomic E-state index is 13.5. The first-order valence-electron chi connectivity index (χ1n) is 10.6. The number of amides is 2. The molecule has 0 saturated carbocycles. The summed E-state index contributed by atoms with van der Waals surface area (Å²) in [6.07, 6.45) is 0.854. The van der Waals surface area contributed by atoms with Crippen LogP contribution in [0, 0.1) is 11.7 Å². The van der Waals surface area contributed by atoms with E-state index in [9.17, 15) is 14.0 Å². The molecule has 0 saturated heterocycles. The van der Waals surface area contributed by atoms with Crippen molar-refractivity contribution < 1.29 is 14.0 Å². The van der Waals surface area contributed by atoms with Gasteiger partial charge in [0.2, 0.25) is 5.91 Å². The molecule has 1 aromatic heterocycles. The molecule has 0 spiro atoms. The second-order valence-corrected chi connectivity index (χ2v) is 8.74. The van der Waals surface area contributed by atoms with Crippen molar-refractivity contribution in [1.29, 1.82) is 0 Å². The van der Waals surface area contributed by atoms with Crippen molar-refractivity contribution >= 4 is 22.8 Å². The number of nitrogens with one attached hydrogen (secondary N) is 1. The third kappa shape index (κ3) is 3.92. The summed E-state index contributed by atoms with van der Waals surface area (Å²) < 4.78 is 15.2. The molecule has 1 atom stereocenters. The first kappa shape index (κ1) is 21.0. The highest BCUT2D eigenvalue weighted by Gasteiger charge is 2.48. The fourth-order valence-corrected chi connectivity index (χ4v) is 4.01. The number of halogens is 1. The van der Waals surface area contributed by atoms with E-state index in [0.717, 1.165) is 23.0 Å². The molecule has 4 rings (SSSR count). The number of carbonyl (C=O) groups excluding carboxylic acids is 2. The minimum Gasteiger partial charge on any atom is -0.354 e. The first-order valence-corrected chi connectivity index (χ1v) is 10.6. The van der Waals surface area contributed by atoms with Crippen LogP contribution in [0.3, 0.4) is 0 Å². The number of nitrogens with zero attached hydrogens (tertiary/aromatic N) is 3. The van der Waals surface area contributed by atoms with Gasteiger partial charge in [-0.05, 0) is 49.1 Å². The summed E-state index contributed by atoms with van der Waals surface area (Å²) in [5, 5.41) is 3.01. The topological polar surface area (TPSA) is 67.2 Å². The van der Waals surface area contributed by atoms with Crippen LogP contribution in [0.1, 0.15) is 43.4 Å². The third-order valence-corrected chi connectivity index (χ3v) is 5.90. The minimum atomic E-state index is -1.11. The van der Waals surface area contributed by atoms with Gasteiger partial charge < -0.3 is 14.8 Å². The second kappa shape index (κ2) is 8.13. The van der Waals surface area contributed by atoms with Gasteiger partial charge in [-0.2, -0.15) is 0 Å². The number of benzene rings is 2. The Hall–Kier alpha value is -3.22. The predicted molar refractivity (Wildman–Crippen MR) is 117 cm³/mol. The summed E-state index contributed by atoms with van der Waals surface area (Å²) in [7, 11) is 0. The fourth-order valence-electron chi connectivity index (χ4n) is 4.01. The van der Waals surface area contributed by atoms with Gasteiger partial charge in [0.15, 0.2) is 5.82 Å². The summed E-state index contributed by atoms with van der Waals surface area (Å²) in [4.78, 5) is 33.0. The van der Waals surface area contributed by atoms with Crippen LogP contribution in [0.4, 0.5) is 4.39 Å². The van der Waals surface area contributed by atoms with Crippen LogP contribution in [0.5, 0.6) is 0 Å². The largest absolute Gasteiger partial charge is 0.354 e. The third-order valence-electron chi connectivity index (χ3n) is 5.90. The first-order chi connectivity index (χ1) is 14.8. The standard InChI is InChI=1S/C24H27FN4O2/c1-16(2)12-13-26-23(31)24(3)15-28-20-7-5-4-6-19(20)27-21(28)22(30)29(24)14-17-8-10-18(25)11-9-17/h4-11,16H,12-15H2,1-3H3,(H,26,31)/t24-/m0/s1. The van der Waals surface area contributed by atoms with Crippen molar-refractivity contribution in [2.24, 2.45) is 5.92 Å². The maximum absolute atomic E-state index is 13.5. The van der Waals surface area contributed by atoms with E-state index in [1.807, 2.05) is 28.8 Å². The number of carbonyl (C=O) groups is 2. The number of aromatic nitrogens is 2. The van der Waals surface area contributed by atoms with Crippen molar-refractivity contribution in [1.82, 2.24) is 19.8 Å². The van der Waals surface area contributed by atoms with Gasteiger partial charge in [0, 0.05) is 13.1 Å². The van der Waals surface area contributed by atoms with Crippen molar-refractivity contribution in [3.8, 4) is 0 Å². The maximum Gasteiger partial charge on any atom is 0.291 e. The molecule has 162 valence electrons. The highest BCUT2D eigenvalue weighted by atomic mass is 19.1. The van der Waals surface area contributed by atoms with Crippen molar-refractivity contribution in [2.75, 3.05) is 6.54 Å². The Balaban J connectivity index is 1.73. The van der Waals surface area contributed by atoms with E-state index in [-0.39, 0.29) is 24.2 Å². The van der Waals surface area contributed by atoms with E-state index in [1.54, 1.807) is 24.0 Å². The Morgan fingerprint density at radius 3 is 2.61 bits per heavy atom. The molecule has 1 aliphatic heterocycles. The molecule has 0 aliphatic carbocycles. The number of hydrogen-bond donors (Lipinski definition) is 1. The normalized spacial score (nSPS) is 18.5. The number of rotatable bonds is 6. The molecule has 0 bridgehead atoms. The lowest BCUT2D eigenvalue weighted by Gasteiger charge is -2.43. The van der Waals surface area contributed by atoms with E-state index >= 15 is 0 Å². The van der Waals surface area contributed by atoms with E-state index in [0.29, 0.717) is 24.8 Å². The number of fused-ring (bicyclic) bond motifs is 3. The van der Waals surface area contributed by atoms with Gasteiger partial charge in [-0.25, -0.2) is 9.37 Å². The van der Waals surface area contributed by atoms with E-state index in [2.05, 4.69) is 24.1 Å². The van der Waals surface area contributed by atoms with E-state index in [4.69, 9.17) is 0 Å². The summed E-state index contributed by atoms with van der Waals surface area (Å²) in [6, 6.07) is 13.5. The molecule has 1 aliphatic rings. The molecule has 0 radical (unpaired) electrons. The minimum absolute atomic E-state index is 0.191. The summed E-state index contributed by atoms with van der Waals surface area (Å²) in [5.74, 6) is -0.0820. The number of imidazole rings is 1. The molecule has 0 unspecified atom stereocenters. The Morgan fingerprint density at radius 2 is 1.90 bits per heavy atom. The molecule has 31 heavy (non-hydrogen) atoms. The molecule has 1 N–H and O–H groups in total. The molecular formula is C24H27FN4O2. The lowest BCUT2D eigenvalue weighted by atomic mass is 9.94. The highest BCUT2D eigenvalue weighted by molar-refractivity contribution is 6.01. The van der Waals surface area contributed by atoms with Gasteiger partial charge in [0.25, 0.3) is 5.91 Å². The van der Waals surface area contributed by atoms with Gasteiger partial charge >= 0.3 is 0 Å². The Kier molecular flexibility index (Phi) is 5.52. The molecule has 3 aromatic rings. The molecule has 7 heteroatoms. The molecule has 2 amide bonds. The van der Waals surface area contributed by atoms with Crippen molar-refractivity contribution in [2.45, 2.75) is 45.8 Å². The van der Waals surface area contributed by atoms with Gasteiger partial charge in [-0.3, -0.25) is 9.59 Å². The predicted octanol–water partition coefficient (Wildman–Crippen LogP) is 3.75. The number of para-hydroxylation sites is 2. The summed E-state index contributed by atoms with van der Waals surface area (Å²) in [5.41, 5.74) is 1.19.